The van der Waals surface area contributed by atoms with Crippen LogP contribution < -0.4 is 9.47 Å². The van der Waals surface area contributed by atoms with Crippen molar-refractivity contribution in [3.8, 4) is 11.5 Å². The molecule has 0 spiro atoms. The van der Waals surface area contributed by atoms with E-state index in [1.807, 2.05) is 31.2 Å². The lowest BCUT2D eigenvalue weighted by molar-refractivity contribution is -0.154. The molecule has 57 heavy (non-hydrogen) atoms. The van der Waals surface area contributed by atoms with Crippen molar-refractivity contribution in [1.29, 1.82) is 0 Å². The summed E-state index contributed by atoms with van der Waals surface area (Å²) in [5.41, 5.74) is 2.46. The lowest BCUT2D eigenvalue weighted by Gasteiger charge is -2.40. The van der Waals surface area contributed by atoms with Crippen LogP contribution in [0.4, 0.5) is 0 Å². The second-order valence-electron chi connectivity index (χ2n) is 18.9. The summed E-state index contributed by atoms with van der Waals surface area (Å²) in [6, 6.07) is 12.4. The van der Waals surface area contributed by atoms with E-state index in [2.05, 4.69) is 129 Å². The number of ketones is 1. The number of ether oxygens (including phenoxy) is 4. The highest BCUT2D eigenvalue weighted by atomic mass is 127. The smallest absolute Gasteiger partial charge is 0.343 e. The van der Waals surface area contributed by atoms with Crippen molar-refractivity contribution >= 4 is 51.0 Å². The minimum absolute atomic E-state index is 0.0121. The summed E-state index contributed by atoms with van der Waals surface area (Å²) >= 11 is 2.36. The zero-order valence-electron chi connectivity index (χ0n) is 37.8. The van der Waals surface area contributed by atoms with Gasteiger partial charge in [0.05, 0.1) is 28.5 Å². The zero-order valence-corrected chi connectivity index (χ0v) is 41.9. The Morgan fingerprint density at radius 1 is 0.912 bits per heavy atom. The van der Waals surface area contributed by atoms with Gasteiger partial charge in [-0.3, -0.25) is 4.79 Å². The third kappa shape index (κ3) is 12.7. The maximum Gasteiger partial charge on any atom is 0.343 e. The monoisotopic (exact) mass is 936 g/mol. The molecule has 320 valence electrons. The van der Waals surface area contributed by atoms with Crippen LogP contribution in [0.15, 0.2) is 48.0 Å². The van der Waals surface area contributed by atoms with Crippen molar-refractivity contribution in [3.05, 3.63) is 68.3 Å². The molecule has 2 aromatic carbocycles. The molecule has 1 heterocycles. The number of Topliss-reactive ketones (excluding diaryl/α,β-unsaturated/α-hetero) is 1. The van der Waals surface area contributed by atoms with Crippen LogP contribution in [0.1, 0.15) is 119 Å². The van der Waals surface area contributed by atoms with Gasteiger partial charge in [-0.15, -0.1) is 0 Å². The van der Waals surface area contributed by atoms with Gasteiger partial charge in [0, 0.05) is 6.42 Å². The number of carbonyl (C=O) groups is 2. The topological polar surface area (TPSA) is 92.8 Å². The Balaban J connectivity index is 2.06. The van der Waals surface area contributed by atoms with Gasteiger partial charge in [0.25, 0.3) is 0 Å². The second-order valence-corrected chi connectivity index (χ2v) is 29.6. The van der Waals surface area contributed by atoms with Crippen molar-refractivity contribution in [2.75, 3.05) is 13.2 Å². The Kier molecular flexibility index (Phi) is 17.7. The number of hydrogen-bond acceptors (Lipinski definition) is 8. The van der Waals surface area contributed by atoms with Gasteiger partial charge in [0.2, 0.25) is 5.60 Å². The molecule has 0 aliphatic carbocycles. The van der Waals surface area contributed by atoms with E-state index in [1.54, 1.807) is 6.92 Å². The SMILES string of the molecule is CCC/C(=C\COc1c(I)cc(CC(C)C)c(OCc2ccccc2)c1CO[Si](C)(C)C(C)(C)C)C(=O)CC(O[Si](C)(C)C(C)(C)C)C1(C(=O)OCC)O[C@H]1CC. The molecule has 11 heteroatoms. The third-order valence-corrected chi connectivity index (χ3v) is 21.6. The van der Waals surface area contributed by atoms with Crippen LogP contribution in [0, 0.1) is 9.49 Å². The zero-order chi connectivity index (χ0) is 43.0. The average Bonchev–Trinajstić information content (AvgIpc) is 3.86. The summed E-state index contributed by atoms with van der Waals surface area (Å²) in [7, 11) is -4.60. The normalized spacial score (nSPS) is 18.4. The van der Waals surface area contributed by atoms with E-state index >= 15 is 0 Å². The molecule has 1 aliphatic rings. The van der Waals surface area contributed by atoms with Crippen molar-refractivity contribution in [2.24, 2.45) is 5.92 Å². The Hall–Kier alpha value is -2.04. The first-order chi connectivity index (χ1) is 26.4. The predicted molar refractivity (Wildman–Crippen MR) is 245 cm³/mol. The van der Waals surface area contributed by atoms with E-state index in [0.717, 1.165) is 38.9 Å². The summed E-state index contributed by atoms with van der Waals surface area (Å²) in [5.74, 6) is 1.40. The maximum absolute atomic E-state index is 14.4. The van der Waals surface area contributed by atoms with Crippen LogP contribution in [0.25, 0.3) is 0 Å². The van der Waals surface area contributed by atoms with E-state index in [-0.39, 0.29) is 41.6 Å². The van der Waals surface area contributed by atoms with Crippen LogP contribution in [0.5, 0.6) is 11.5 Å². The summed E-state index contributed by atoms with van der Waals surface area (Å²) in [4.78, 5) is 28.0. The molecule has 0 N–H and O–H groups in total. The fraction of sp³-hybridized carbons (Fsp3) is 0.652. The van der Waals surface area contributed by atoms with E-state index in [1.165, 1.54) is 0 Å². The summed E-state index contributed by atoms with van der Waals surface area (Å²) in [5, 5.41) is -0.130. The molecule has 1 aliphatic heterocycles. The van der Waals surface area contributed by atoms with E-state index in [4.69, 9.17) is 27.8 Å². The Labute approximate surface area is 360 Å². The number of halogens is 1. The van der Waals surface area contributed by atoms with Gasteiger partial charge < -0.3 is 27.8 Å². The first-order valence-electron chi connectivity index (χ1n) is 21.0. The molecule has 0 radical (unpaired) electrons. The molecule has 0 bridgehead atoms. The van der Waals surface area contributed by atoms with Gasteiger partial charge >= 0.3 is 5.97 Å². The van der Waals surface area contributed by atoms with Crippen LogP contribution >= 0.6 is 22.6 Å². The fourth-order valence-electron chi connectivity index (χ4n) is 6.37. The number of hydrogen-bond donors (Lipinski definition) is 0. The number of esters is 1. The van der Waals surface area contributed by atoms with Gasteiger partial charge in [0.1, 0.15) is 30.8 Å². The Morgan fingerprint density at radius 3 is 2.07 bits per heavy atom. The molecule has 2 aromatic rings. The number of epoxide rings is 1. The van der Waals surface area contributed by atoms with Crippen LogP contribution in [0.2, 0.25) is 36.3 Å². The standard InChI is InChI=1S/C46H73IO8Si2/c1-16-22-34(38(48)29-40(55-57(14,15)45(9,10)11)46(39(17-2)54-46)43(49)50-18-3)25-26-51-42-36(31-53-56(12,13)44(6,7)8)41(35(27-32(4)5)28-37(42)47)52-30-33-23-20-19-21-24-33/h19-21,23-25,28,32,39-40H,16-18,22,26-27,29-31H2,1-15H3/b34-25+/t39-,40?,46?/m0/s1. The summed E-state index contributed by atoms with van der Waals surface area (Å²) < 4.78 is 39.9. The van der Waals surface area contributed by atoms with E-state index < -0.39 is 34.3 Å². The quantitative estimate of drug-likeness (QED) is 0.0379. The number of rotatable bonds is 22. The molecule has 1 saturated heterocycles. The largest absolute Gasteiger partial charge is 0.488 e. The number of allylic oxidation sites excluding steroid dienone is 1. The highest BCUT2D eigenvalue weighted by Crippen LogP contribution is 2.49. The van der Waals surface area contributed by atoms with Gasteiger partial charge in [-0.1, -0.05) is 106 Å². The highest BCUT2D eigenvalue weighted by molar-refractivity contribution is 14.1. The molecule has 0 aromatic heterocycles. The first kappa shape index (κ1) is 49.3. The van der Waals surface area contributed by atoms with Gasteiger partial charge in [0.15, 0.2) is 22.4 Å². The molecule has 0 saturated carbocycles. The molecule has 8 nitrogen and oxygen atoms in total. The van der Waals surface area contributed by atoms with Crippen LogP contribution in [-0.4, -0.2) is 59.4 Å². The van der Waals surface area contributed by atoms with Crippen molar-refractivity contribution in [1.82, 2.24) is 0 Å². The fourth-order valence-corrected chi connectivity index (χ4v) is 9.49. The Bertz CT molecular complexity index is 1680. The number of carbonyl (C=O) groups excluding carboxylic acids is 2. The molecule has 3 rings (SSSR count). The second kappa shape index (κ2) is 20.5. The number of benzene rings is 2. The first-order valence-corrected chi connectivity index (χ1v) is 27.9. The van der Waals surface area contributed by atoms with Crippen LogP contribution in [0.3, 0.4) is 0 Å². The van der Waals surface area contributed by atoms with Crippen molar-refractivity contribution < 1.29 is 37.4 Å². The van der Waals surface area contributed by atoms with Gasteiger partial charge in [-0.2, -0.15) is 0 Å². The third-order valence-electron chi connectivity index (χ3n) is 11.8. The molecule has 0 amide bonds. The van der Waals surface area contributed by atoms with Gasteiger partial charge in [-0.05, 0) is 120 Å². The highest BCUT2D eigenvalue weighted by Gasteiger charge is 2.69. The Morgan fingerprint density at radius 2 is 1.54 bits per heavy atom. The predicted octanol–water partition coefficient (Wildman–Crippen LogP) is 12.2. The molecular formula is C46H73IO8Si2. The van der Waals surface area contributed by atoms with E-state index in [9.17, 15) is 9.59 Å². The lowest BCUT2D eigenvalue weighted by atomic mass is 9.90. The molecule has 2 unspecified atom stereocenters. The molecular weight excluding hydrogens is 864 g/mol. The lowest BCUT2D eigenvalue weighted by Crippen LogP contribution is -2.52. The molecule has 1 fully saturated rings. The van der Waals surface area contributed by atoms with Crippen molar-refractivity contribution in [2.45, 2.75) is 176 Å². The van der Waals surface area contributed by atoms with Gasteiger partial charge in [-0.25, -0.2) is 4.79 Å². The summed E-state index contributed by atoms with van der Waals surface area (Å²) in [6.07, 6.45) is 3.57. The summed E-state index contributed by atoms with van der Waals surface area (Å²) in [6.45, 7) is 33.4. The average molecular weight is 937 g/mol. The minimum Gasteiger partial charge on any atom is -0.488 e. The minimum atomic E-state index is -2.44. The van der Waals surface area contributed by atoms with Crippen molar-refractivity contribution in [3.63, 3.8) is 0 Å². The maximum atomic E-state index is 14.4. The van der Waals surface area contributed by atoms with Crippen LogP contribution in [-0.2, 0) is 47.5 Å². The van der Waals surface area contributed by atoms with E-state index in [0.29, 0.717) is 43.3 Å². The molecule has 3 atom stereocenters.